The van der Waals surface area contributed by atoms with Crippen molar-refractivity contribution in [3.63, 3.8) is 0 Å². The maximum absolute atomic E-state index is 11.6. The summed E-state index contributed by atoms with van der Waals surface area (Å²) in [5, 5.41) is 13.6. The lowest BCUT2D eigenvalue weighted by Gasteiger charge is -2.03. The fourth-order valence-electron chi connectivity index (χ4n) is 1.60. The molecule has 0 aliphatic carbocycles. The standard InChI is InChI=1S/C12H11N5O4/c18-12(13-3-5-17-6-4-14-16-17)20-11-8-10(21-15-11)9-2-1-7-19-9/h1-2,4,6-8H,3,5H2,(H,13,18). The minimum Gasteiger partial charge on any atom is -0.461 e. The number of hydrogen-bond donors (Lipinski definition) is 1. The Morgan fingerprint density at radius 3 is 3.14 bits per heavy atom. The van der Waals surface area contributed by atoms with Gasteiger partial charge in [0.2, 0.25) is 5.76 Å². The highest BCUT2D eigenvalue weighted by atomic mass is 16.6. The molecular formula is C12H11N5O4. The van der Waals surface area contributed by atoms with Gasteiger partial charge in [-0.15, -0.1) is 5.10 Å². The van der Waals surface area contributed by atoms with Gasteiger partial charge in [0.1, 0.15) is 0 Å². The zero-order valence-corrected chi connectivity index (χ0v) is 10.8. The van der Waals surface area contributed by atoms with Gasteiger partial charge in [0.05, 0.1) is 25.1 Å². The summed E-state index contributed by atoms with van der Waals surface area (Å²) in [5.41, 5.74) is 0. The molecule has 3 rings (SSSR count). The van der Waals surface area contributed by atoms with Crippen LogP contribution in [0.15, 0.2) is 45.8 Å². The molecule has 3 aromatic rings. The largest absolute Gasteiger partial charge is 0.461 e. The van der Waals surface area contributed by atoms with Crippen molar-refractivity contribution in [2.24, 2.45) is 0 Å². The number of aromatic nitrogens is 4. The molecule has 0 aromatic carbocycles. The molecule has 0 fully saturated rings. The van der Waals surface area contributed by atoms with Crippen LogP contribution in [0.1, 0.15) is 0 Å². The van der Waals surface area contributed by atoms with Crippen molar-refractivity contribution >= 4 is 6.09 Å². The number of amides is 1. The van der Waals surface area contributed by atoms with E-state index in [1.54, 1.807) is 29.2 Å². The van der Waals surface area contributed by atoms with Crippen LogP contribution in [-0.4, -0.2) is 32.8 Å². The molecule has 0 saturated carbocycles. The lowest BCUT2D eigenvalue weighted by Crippen LogP contribution is -2.30. The smallest absolute Gasteiger partial charge is 0.414 e. The van der Waals surface area contributed by atoms with E-state index in [-0.39, 0.29) is 5.88 Å². The van der Waals surface area contributed by atoms with Crippen molar-refractivity contribution in [2.45, 2.75) is 6.54 Å². The Hall–Kier alpha value is -3.10. The predicted molar refractivity (Wildman–Crippen MR) is 68.3 cm³/mol. The topological polar surface area (TPSA) is 108 Å². The third-order valence-electron chi connectivity index (χ3n) is 2.53. The van der Waals surface area contributed by atoms with Crippen LogP contribution in [0.25, 0.3) is 11.5 Å². The molecule has 1 N–H and O–H groups in total. The lowest BCUT2D eigenvalue weighted by atomic mass is 10.3. The van der Waals surface area contributed by atoms with E-state index in [1.165, 1.54) is 12.3 Å². The van der Waals surface area contributed by atoms with Gasteiger partial charge in [0, 0.05) is 12.7 Å². The van der Waals surface area contributed by atoms with Gasteiger partial charge >= 0.3 is 6.09 Å². The van der Waals surface area contributed by atoms with E-state index >= 15 is 0 Å². The summed E-state index contributed by atoms with van der Waals surface area (Å²) in [6.07, 6.45) is 4.13. The number of nitrogens with zero attached hydrogens (tertiary/aromatic N) is 4. The molecule has 3 heterocycles. The van der Waals surface area contributed by atoms with Crippen LogP contribution in [0.4, 0.5) is 4.79 Å². The third-order valence-corrected chi connectivity index (χ3v) is 2.53. The Labute approximate surface area is 118 Å². The second kappa shape index (κ2) is 5.90. The normalized spacial score (nSPS) is 10.5. The molecule has 0 spiro atoms. The van der Waals surface area contributed by atoms with Gasteiger partial charge in [0.25, 0.3) is 5.88 Å². The van der Waals surface area contributed by atoms with E-state index in [4.69, 9.17) is 13.7 Å². The first-order valence-corrected chi connectivity index (χ1v) is 6.11. The first kappa shape index (κ1) is 12.9. The van der Waals surface area contributed by atoms with Crippen molar-refractivity contribution in [2.75, 3.05) is 6.54 Å². The van der Waals surface area contributed by atoms with E-state index < -0.39 is 6.09 Å². The first-order valence-electron chi connectivity index (χ1n) is 6.11. The van der Waals surface area contributed by atoms with Crippen LogP contribution in [0, 0.1) is 0 Å². The maximum Gasteiger partial charge on any atom is 0.414 e. The molecule has 0 aliphatic heterocycles. The van der Waals surface area contributed by atoms with Crippen LogP contribution in [0.3, 0.4) is 0 Å². The number of carbonyl (C=O) groups is 1. The van der Waals surface area contributed by atoms with Crippen LogP contribution in [-0.2, 0) is 6.54 Å². The van der Waals surface area contributed by atoms with Crippen molar-refractivity contribution in [1.82, 2.24) is 25.5 Å². The summed E-state index contributed by atoms with van der Waals surface area (Å²) in [6, 6.07) is 4.90. The first-order chi connectivity index (χ1) is 10.3. The molecule has 0 saturated heterocycles. The second-order valence-electron chi connectivity index (χ2n) is 3.99. The van der Waals surface area contributed by atoms with Crippen molar-refractivity contribution in [1.29, 1.82) is 0 Å². The summed E-state index contributed by atoms with van der Waals surface area (Å²) in [6.45, 7) is 0.844. The summed E-state index contributed by atoms with van der Waals surface area (Å²) >= 11 is 0. The van der Waals surface area contributed by atoms with Crippen LogP contribution < -0.4 is 10.1 Å². The number of ether oxygens (including phenoxy) is 1. The monoisotopic (exact) mass is 289 g/mol. The number of carbonyl (C=O) groups excluding carboxylic acids is 1. The summed E-state index contributed by atoms with van der Waals surface area (Å²) in [5.74, 6) is 0.939. The zero-order chi connectivity index (χ0) is 14.5. The SMILES string of the molecule is O=C(NCCn1ccnn1)Oc1cc(-c2ccco2)on1. The van der Waals surface area contributed by atoms with Gasteiger partial charge in [-0.25, -0.2) is 4.79 Å². The Bertz CT molecular complexity index is 689. The zero-order valence-electron chi connectivity index (χ0n) is 10.8. The molecular weight excluding hydrogens is 278 g/mol. The molecule has 1 amide bonds. The summed E-state index contributed by atoms with van der Waals surface area (Å²) in [7, 11) is 0. The molecule has 0 bridgehead atoms. The highest BCUT2D eigenvalue weighted by Crippen LogP contribution is 2.23. The van der Waals surface area contributed by atoms with E-state index in [2.05, 4.69) is 20.8 Å². The van der Waals surface area contributed by atoms with Gasteiger partial charge < -0.3 is 19.0 Å². The summed E-state index contributed by atoms with van der Waals surface area (Å²) < 4.78 is 16.7. The van der Waals surface area contributed by atoms with Crippen LogP contribution >= 0.6 is 0 Å². The molecule has 9 nitrogen and oxygen atoms in total. The van der Waals surface area contributed by atoms with Crippen molar-refractivity contribution in [3.8, 4) is 17.4 Å². The quantitative estimate of drug-likeness (QED) is 0.754. The average Bonchev–Trinajstić information content (AvgIpc) is 3.21. The van der Waals surface area contributed by atoms with E-state index in [1.807, 2.05) is 0 Å². The van der Waals surface area contributed by atoms with Crippen LogP contribution in [0.5, 0.6) is 5.88 Å². The van der Waals surface area contributed by atoms with Crippen molar-refractivity contribution in [3.05, 3.63) is 36.9 Å². The Morgan fingerprint density at radius 1 is 1.43 bits per heavy atom. The average molecular weight is 289 g/mol. The Kier molecular flexibility index (Phi) is 3.63. The van der Waals surface area contributed by atoms with E-state index in [0.29, 0.717) is 24.6 Å². The molecule has 108 valence electrons. The van der Waals surface area contributed by atoms with E-state index in [0.717, 1.165) is 0 Å². The Morgan fingerprint density at radius 2 is 2.38 bits per heavy atom. The van der Waals surface area contributed by atoms with Crippen LogP contribution in [0.2, 0.25) is 0 Å². The molecule has 0 atom stereocenters. The second-order valence-corrected chi connectivity index (χ2v) is 3.99. The fourth-order valence-corrected chi connectivity index (χ4v) is 1.60. The molecule has 0 unspecified atom stereocenters. The van der Waals surface area contributed by atoms with Gasteiger partial charge in [-0.2, -0.15) is 0 Å². The van der Waals surface area contributed by atoms with Crippen molar-refractivity contribution < 1.29 is 18.5 Å². The number of furan rings is 1. The highest BCUT2D eigenvalue weighted by Gasteiger charge is 2.12. The van der Waals surface area contributed by atoms with Gasteiger partial charge in [-0.1, -0.05) is 5.21 Å². The third kappa shape index (κ3) is 3.26. The minimum atomic E-state index is -0.630. The summed E-state index contributed by atoms with van der Waals surface area (Å²) in [4.78, 5) is 11.6. The number of rotatable bonds is 5. The minimum absolute atomic E-state index is 0.0552. The molecule has 9 heteroatoms. The number of hydrogen-bond acceptors (Lipinski definition) is 7. The van der Waals surface area contributed by atoms with Gasteiger partial charge in [-0.3, -0.25) is 4.68 Å². The Balaban J connectivity index is 1.48. The predicted octanol–water partition coefficient (Wildman–Crippen LogP) is 1.31. The maximum atomic E-state index is 11.6. The lowest BCUT2D eigenvalue weighted by molar-refractivity contribution is 0.195. The highest BCUT2D eigenvalue weighted by molar-refractivity contribution is 5.70. The molecule has 3 aromatic heterocycles. The van der Waals surface area contributed by atoms with E-state index in [9.17, 15) is 4.79 Å². The molecule has 0 aliphatic rings. The van der Waals surface area contributed by atoms with Gasteiger partial charge in [0.15, 0.2) is 5.76 Å². The van der Waals surface area contributed by atoms with Gasteiger partial charge in [-0.05, 0) is 17.3 Å². The molecule has 0 radical (unpaired) electrons. The number of nitrogens with one attached hydrogen (secondary N) is 1. The molecule has 21 heavy (non-hydrogen) atoms. The fraction of sp³-hybridized carbons (Fsp3) is 0.167.